The molecule has 1 aromatic rings. The summed E-state index contributed by atoms with van der Waals surface area (Å²) in [5.41, 5.74) is 5.41. The van der Waals surface area contributed by atoms with Gasteiger partial charge in [0.2, 0.25) is 0 Å². The molecule has 106 valence electrons. The van der Waals surface area contributed by atoms with Crippen LogP contribution in [0.25, 0.3) is 0 Å². The zero-order valence-electron chi connectivity index (χ0n) is 11.3. The van der Waals surface area contributed by atoms with Gasteiger partial charge in [-0.25, -0.2) is 4.79 Å². The number of carbonyl (C=O) groups excluding carboxylic acids is 1. The Morgan fingerprint density at radius 3 is 2.84 bits per heavy atom. The normalized spacial score (nSPS) is 10.2. The molecule has 2 amide bonds. The number of carbonyl (C=O) groups is 1. The molecule has 0 saturated carbocycles. The minimum Gasteiger partial charge on any atom is -0.467 e. The number of unbranched alkanes of at least 4 members (excludes halogenated alkanes) is 3. The molecule has 6 nitrogen and oxygen atoms in total. The van der Waals surface area contributed by atoms with Crippen molar-refractivity contribution in [3.63, 3.8) is 0 Å². The van der Waals surface area contributed by atoms with Crippen LogP contribution < -0.4 is 11.1 Å². The summed E-state index contributed by atoms with van der Waals surface area (Å²) in [6, 6.07) is 3.11. The summed E-state index contributed by atoms with van der Waals surface area (Å²) in [5.74, 6) is 0.304. The van der Waals surface area contributed by atoms with E-state index in [0.717, 1.165) is 24.2 Å². The van der Waals surface area contributed by atoms with Crippen LogP contribution >= 0.6 is 0 Å². The highest BCUT2D eigenvalue weighted by Crippen LogP contribution is 2.05. The van der Waals surface area contributed by atoms with E-state index in [2.05, 4.69) is 12.2 Å². The third-order valence-electron chi connectivity index (χ3n) is 2.74. The van der Waals surface area contributed by atoms with Gasteiger partial charge in [0.15, 0.2) is 5.96 Å². The van der Waals surface area contributed by atoms with Crippen molar-refractivity contribution in [2.24, 2.45) is 5.73 Å². The van der Waals surface area contributed by atoms with Gasteiger partial charge in [-0.2, -0.15) is 0 Å². The molecule has 0 unspecified atom stereocenters. The lowest BCUT2D eigenvalue weighted by Gasteiger charge is -2.19. The maximum atomic E-state index is 11.9. The van der Waals surface area contributed by atoms with Crippen molar-refractivity contribution in [3.05, 3.63) is 24.2 Å². The molecule has 0 saturated heterocycles. The average molecular weight is 266 g/mol. The molecule has 0 atom stereocenters. The third-order valence-corrected chi connectivity index (χ3v) is 2.74. The second-order valence-electron chi connectivity index (χ2n) is 4.34. The first kappa shape index (κ1) is 15.1. The summed E-state index contributed by atoms with van der Waals surface area (Å²) >= 11 is 0. The van der Waals surface area contributed by atoms with E-state index < -0.39 is 0 Å². The first-order valence-corrected chi connectivity index (χ1v) is 6.57. The summed E-state index contributed by atoms with van der Waals surface area (Å²) < 4.78 is 5.15. The number of furan rings is 1. The van der Waals surface area contributed by atoms with Gasteiger partial charge in [-0.05, 0) is 18.6 Å². The van der Waals surface area contributed by atoms with Crippen LogP contribution in [0.4, 0.5) is 4.79 Å². The molecular weight excluding hydrogens is 244 g/mol. The zero-order chi connectivity index (χ0) is 14.1. The number of urea groups is 1. The minimum atomic E-state index is -0.361. The Hall–Kier alpha value is -1.98. The number of guanidine groups is 1. The van der Waals surface area contributed by atoms with Crippen LogP contribution in [-0.4, -0.2) is 23.4 Å². The molecule has 6 heteroatoms. The Labute approximate surface area is 113 Å². The molecule has 0 aliphatic heterocycles. The largest absolute Gasteiger partial charge is 0.467 e. The van der Waals surface area contributed by atoms with E-state index in [1.807, 2.05) is 0 Å². The monoisotopic (exact) mass is 266 g/mol. The first-order valence-electron chi connectivity index (χ1n) is 6.57. The third kappa shape index (κ3) is 5.46. The number of rotatable bonds is 7. The SMILES string of the molecule is CCCCCCNC(=O)N(Cc1ccco1)C(=N)N. The summed E-state index contributed by atoms with van der Waals surface area (Å²) in [6.07, 6.45) is 5.88. The lowest BCUT2D eigenvalue weighted by molar-refractivity contribution is 0.215. The number of amides is 2. The van der Waals surface area contributed by atoms with Crippen molar-refractivity contribution in [2.45, 2.75) is 39.2 Å². The van der Waals surface area contributed by atoms with E-state index in [-0.39, 0.29) is 18.5 Å². The fourth-order valence-corrected chi connectivity index (χ4v) is 1.67. The van der Waals surface area contributed by atoms with Crippen LogP contribution in [0.5, 0.6) is 0 Å². The number of nitrogens with two attached hydrogens (primary N) is 1. The average Bonchev–Trinajstić information content (AvgIpc) is 2.88. The van der Waals surface area contributed by atoms with Crippen LogP contribution in [0.1, 0.15) is 38.4 Å². The lowest BCUT2D eigenvalue weighted by atomic mass is 10.2. The molecule has 0 bridgehead atoms. The smallest absolute Gasteiger partial charge is 0.324 e. The molecule has 0 aromatic carbocycles. The molecule has 0 aliphatic rings. The second kappa shape index (κ2) is 8.18. The van der Waals surface area contributed by atoms with E-state index >= 15 is 0 Å². The highest BCUT2D eigenvalue weighted by molar-refractivity contribution is 5.93. The molecule has 0 spiro atoms. The van der Waals surface area contributed by atoms with E-state index in [4.69, 9.17) is 15.6 Å². The molecule has 4 N–H and O–H groups in total. The van der Waals surface area contributed by atoms with Crippen molar-refractivity contribution in [2.75, 3.05) is 6.54 Å². The molecule has 19 heavy (non-hydrogen) atoms. The molecule has 0 aliphatic carbocycles. The lowest BCUT2D eigenvalue weighted by Crippen LogP contribution is -2.46. The highest BCUT2D eigenvalue weighted by Gasteiger charge is 2.17. The van der Waals surface area contributed by atoms with Crippen molar-refractivity contribution >= 4 is 12.0 Å². The van der Waals surface area contributed by atoms with Crippen molar-refractivity contribution < 1.29 is 9.21 Å². The van der Waals surface area contributed by atoms with Crippen LogP contribution in [-0.2, 0) is 6.54 Å². The van der Waals surface area contributed by atoms with Gasteiger partial charge in [-0.15, -0.1) is 0 Å². The molecule has 0 fully saturated rings. The van der Waals surface area contributed by atoms with Gasteiger partial charge in [0, 0.05) is 6.54 Å². The summed E-state index contributed by atoms with van der Waals surface area (Å²) in [6.45, 7) is 2.91. The fourth-order valence-electron chi connectivity index (χ4n) is 1.67. The summed E-state index contributed by atoms with van der Waals surface area (Å²) in [4.78, 5) is 13.0. The van der Waals surface area contributed by atoms with Crippen molar-refractivity contribution in [3.8, 4) is 0 Å². The van der Waals surface area contributed by atoms with Crippen LogP contribution in [0, 0.1) is 5.41 Å². The Morgan fingerprint density at radius 1 is 1.47 bits per heavy atom. The van der Waals surface area contributed by atoms with Crippen LogP contribution in [0.2, 0.25) is 0 Å². The minimum absolute atomic E-state index is 0.170. The van der Waals surface area contributed by atoms with Crippen LogP contribution in [0.15, 0.2) is 22.8 Å². The molecule has 1 aromatic heterocycles. The van der Waals surface area contributed by atoms with E-state index in [1.54, 1.807) is 12.1 Å². The van der Waals surface area contributed by atoms with Gasteiger partial charge in [-0.1, -0.05) is 26.2 Å². The fraction of sp³-hybridized carbons (Fsp3) is 0.538. The molecule has 0 radical (unpaired) electrons. The Morgan fingerprint density at radius 2 is 2.26 bits per heavy atom. The van der Waals surface area contributed by atoms with E-state index in [1.165, 1.54) is 12.7 Å². The van der Waals surface area contributed by atoms with Gasteiger partial charge in [0.25, 0.3) is 0 Å². The predicted molar refractivity (Wildman–Crippen MR) is 73.7 cm³/mol. The van der Waals surface area contributed by atoms with Gasteiger partial charge in [-0.3, -0.25) is 10.3 Å². The number of nitrogens with one attached hydrogen (secondary N) is 2. The Kier molecular flexibility index (Phi) is 6.49. The number of hydrogen-bond donors (Lipinski definition) is 3. The summed E-state index contributed by atoms with van der Waals surface area (Å²) in [7, 11) is 0. The van der Waals surface area contributed by atoms with Gasteiger partial charge in [0.05, 0.1) is 12.8 Å². The molecular formula is C13H22N4O2. The molecule has 1 rings (SSSR count). The maximum Gasteiger partial charge on any atom is 0.324 e. The topological polar surface area (TPSA) is 95.4 Å². The second-order valence-corrected chi connectivity index (χ2v) is 4.34. The van der Waals surface area contributed by atoms with Crippen LogP contribution in [0.3, 0.4) is 0 Å². The van der Waals surface area contributed by atoms with E-state index in [0.29, 0.717) is 12.3 Å². The zero-order valence-corrected chi connectivity index (χ0v) is 11.3. The maximum absolute atomic E-state index is 11.9. The first-order chi connectivity index (χ1) is 9.15. The highest BCUT2D eigenvalue weighted by atomic mass is 16.3. The van der Waals surface area contributed by atoms with Crippen molar-refractivity contribution in [1.29, 1.82) is 5.41 Å². The van der Waals surface area contributed by atoms with Crippen molar-refractivity contribution in [1.82, 2.24) is 10.2 Å². The van der Waals surface area contributed by atoms with Gasteiger partial charge < -0.3 is 15.5 Å². The predicted octanol–water partition coefficient (Wildman–Crippen LogP) is 2.26. The standard InChI is InChI=1S/C13H22N4O2/c1-2-3-4-5-8-16-13(18)17(12(14)15)10-11-7-6-9-19-11/h6-7,9H,2-5,8,10H2,1H3,(H3,14,15)(H,16,18). The number of hydrogen-bond acceptors (Lipinski definition) is 3. The quantitative estimate of drug-likeness (QED) is 0.401. The summed E-state index contributed by atoms with van der Waals surface area (Å²) in [5, 5.41) is 10.2. The van der Waals surface area contributed by atoms with Gasteiger partial charge in [0.1, 0.15) is 5.76 Å². The Balaban J connectivity index is 2.38. The number of nitrogens with zero attached hydrogens (tertiary/aromatic N) is 1. The van der Waals surface area contributed by atoms with Gasteiger partial charge >= 0.3 is 6.03 Å². The van der Waals surface area contributed by atoms with E-state index in [9.17, 15) is 4.79 Å². The Bertz CT molecular complexity index is 389. The molecule has 1 heterocycles.